The Labute approximate surface area is 102 Å². The summed E-state index contributed by atoms with van der Waals surface area (Å²) in [4.78, 5) is 18.0. The number of carbonyl (C=O) groups excluding carboxylic acids is 1. The molecule has 1 aliphatic rings. The quantitative estimate of drug-likeness (QED) is 0.802. The van der Waals surface area contributed by atoms with Crippen molar-refractivity contribution in [3.63, 3.8) is 0 Å². The van der Waals surface area contributed by atoms with Crippen molar-refractivity contribution in [2.75, 3.05) is 13.1 Å². The summed E-state index contributed by atoms with van der Waals surface area (Å²) in [6, 6.07) is 4.39. The Hall–Kier alpha value is -1.42. The summed E-state index contributed by atoms with van der Waals surface area (Å²) in [7, 11) is 0. The molecule has 0 spiro atoms. The third-order valence-electron chi connectivity index (χ3n) is 2.94. The summed E-state index contributed by atoms with van der Waals surface area (Å²) >= 11 is 0. The molecule has 0 atom stereocenters. The van der Waals surface area contributed by atoms with Gasteiger partial charge in [-0.25, -0.2) is 0 Å². The van der Waals surface area contributed by atoms with E-state index in [1.807, 2.05) is 24.0 Å². The van der Waals surface area contributed by atoms with Crippen LogP contribution in [0.25, 0.3) is 0 Å². The zero-order valence-corrected chi connectivity index (χ0v) is 10.2. The topological polar surface area (TPSA) is 45.2 Å². The average molecular weight is 233 g/mol. The first-order valence-electron chi connectivity index (χ1n) is 6.20. The highest BCUT2D eigenvalue weighted by atomic mass is 16.2. The predicted octanol–water partition coefficient (Wildman–Crippen LogP) is 1.18. The highest BCUT2D eigenvalue weighted by molar-refractivity contribution is 5.78. The maximum Gasteiger partial charge on any atom is 0.237 e. The Bertz CT molecular complexity index is 362. The molecule has 2 rings (SSSR count). The molecule has 4 nitrogen and oxygen atoms in total. The largest absolute Gasteiger partial charge is 0.334 e. The Morgan fingerprint density at radius 2 is 2.18 bits per heavy atom. The van der Waals surface area contributed by atoms with Gasteiger partial charge in [0.2, 0.25) is 5.91 Å². The number of nitrogens with one attached hydrogen (secondary N) is 1. The molecule has 17 heavy (non-hydrogen) atoms. The monoisotopic (exact) mass is 233 g/mol. The minimum atomic E-state index is 0.200. The first kappa shape index (κ1) is 12.0. The fourth-order valence-electron chi connectivity index (χ4n) is 1.83. The number of hydrogen-bond donors (Lipinski definition) is 1. The number of likely N-dealkylation sites (N-methyl/N-ethyl adjacent to an activating group) is 1. The molecule has 1 aliphatic carbocycles. The summed E-state index contributed by atoms with van der Waals surface area (Å²) in [6.45, 7) is 3.99. The Morgan fingerprint density at radius 3 is 2.76 bits per heavy atom. The van der Waals surface area contributed by atoms with Crippen LogP contribution < -0.4 is 5.32 Å². The van der Waals surface area contributed by atoms with Gasteiger partial charge in [0.15, 0.2) is 0 Å². The molecule has 1 aromatic rings. The molecule has 0 radical (unpaired) electrons. The highest BCUT2D eigenvalue weighted by Crippen LogP contribution is 2.28. The first-order chi connectivity index (χ1) is 8.31. The van der Waals surface area contributed by atoms with E-state index in [4.69, 9.17) is 0 Å². The predicted molar refractivity (Wildman–Crippen MR) is 66.4 cm³/mol. The Morgan fingerprint density at radius 1 is 1.47 bits per heavy atom. The second-order valence-electron chi connectivity index (χ2n) is 4.39. The van der Waals surface area contributed by atoms with Crippen LogP contribution in [-0.4, -0.2) is 34.9 Å². The molecule has 0 unspecified atom stereocenters. The van der Waals surface area contributed by atoms with Crippen molar-refractivity contribution in [3.8, 4) is 0 Å². The third-order valence-corrected chi connectivity index (χ3v) is 2.94. The van der Waals surface area contributed by atoms with Crippen LogP contribution in [-0.2, 0) is 11.3 Å². The third kappa shape index (κ3) is 3.53. The van der Waals surface area contributed by atoms with E-state index in [1.165, 1.54) is 0 Å². The lowest BCUT2D eigenvalue weighted by Gasteiger charge is -2.22. The molecule has 0 bridgehead atoms. The number of hydrogen-bond acceptors (Lipinski definition) is 3. The van der Waals surface area contributed by atoms with E-state index in [-0.39, 0.29) is 5.91 Å². The van der Waals surface area contributed by atoms with Crippen LogP contribution in [0.2, 0.25) is 0 Å². The second kappa shape index (κ2) is 5.77. The van der Waals surface area contributed by atoms with E-state index in [0.29, 0.717) is 19.1 Å². The summed E-state index contributed by atoms with van der Waals surface area (Å²) < 4.78 is 0. The number of amides is 1. The number of rotatable bonds is 6. The van der Waals surface area contributed by atoms with Crippen molar-refractivity contribution in [2.45, 2.75) is 32.4 Å². The van der Waals surface area contributed by atoms with Gasteiger partial charge < -0.3 is 10.2 Å². The van der Waals surface area contributed by atoms with Crippen molar-refractivity contribution in [2.24, 2.45) is 0 Å². The second-order valence-corrected chi connectivity index (χ2v) is 4.39. The van der Waals surface area contributed by atoms with Gasteiger partial charge in [-0.1, -0.05) is 6.92 Å². The first-order valence-corrected chi connectivity index (χ1v) is 6.20. The average Bonchev–Trinajstić information content (AvgIpc) is 3.18. The molecule has 0 aliphatic heterocycles. The molecule has 0 saturated heterocycles. The normalized spacial score (nSPS) is 14.6. The van der Waals surface area contributed by atoms with Gasteiger partial charge in [-0.2, -0.15) is 0 Å². The molecule has 1 N–H and O–H groups in total. The summed E-state index contributed by atoms with van der Waals surface area (Å²) in [5.74, 6) is 0.200. The van der Waals surface area contributed by atoms with E-state index >= 15 is 0 Å². The van der Waals surface area contributed by atoms with Gasteiger partial charge in [-0.05, 0) is 37.1 Å². The van der Waals surface area contributed by atoms with Crippen molar-refractivity contribution >= 4 is 5.91 Å². The minimum absolute atomic E-state index is 0.200. The molecule has 4 heteroatoms. The Balaban J connectivity index is 1.95. The standard InChI is InChI=1S/C13H19N3O/c1-2-14-9-13(17)16(12-3-4-12)10-11-5-7-15-8-6-11/h5-8,12,14H,2-4,9-10H2,1H3. The maximum absolute atomic E-state index is 12.0. The van der Waals surface area contributed by atoms with Gasteiger partial charge in [0.05, 0.1) is 6.54 Å². The summed E-state index contributed by atoms with van der Waals surface area (Å²) in [5, 5.41) is 3.09. The van der Waals surface area contributed by atoms with Gasteiger partial charge in [0.25, 0.3) is 0 Å². The van der Waals surface area contributed by atoms with Gasteiger partial charge in [0.1, 0.15) is 0 Å². The van der Waals surface area contributed by atoms with Crippen molar-refractivity contribution < 1.29 is 4.79 Å². The number of aromatic nitrogens is 1. The zero-order valence-electron chi connectivity index (χ0n) is 10.2. The van der Waals surface area contributed by atoms with Crippen LogP contribution in [0.4, 0.5) is 0 Å². The lowest BCUT2D eigenvalue weighted by atomic mass is 10.2. The van der Waals surface area contributed by atoms with E-state index in [1.54, 1.807) is 12.4 Å². The van der Waals surface area contributed by atoms with Gasteiger partial charge >= 0.3 is 0 Å². The SMILES string of the molecule is CCNCC(=O)N(Cc1ccncc1)C1CC1. The molecule has 1 saturated carbocycles. The molecule has 92 valence electrons. The van der Waals surface area contributed by atoms with Crippen LogP contribution in [0.3, 0.4) is 0 Å². The fraction of sp³-hybridized carbons (Fsp3) is 0.538. The smallest absolute Gasteiger partial charge is 0.237 e. The van der Waals surface area contributed by atoms with Crippen LogP contribution in [0.1, 0.15) is 25.3 Å². The summed E-state index contributed by atoms with van der Waals surface area (Å²) in [6.07, 6.45) is 5.83. The maximum atomic E-state index is 12.0. The molecule has 0 aromatic carbocycles. The van der Waals surface area contributed by atoms with Gasteiger partial charge in [0, 0.05) is 25.0 Å². The van der Waals surface area contributed by atoms with E-state index in [2.05, 4.69) is 10.3 Å². The molecule has 1 fully saturated rings. The number of nitrogens with zero attached hydrogens (tertiary/aromatic N) is 2. The fourth-order valence-corrected chi connectivity index (χ4v) is 1.83. The number of pyridine rings is 1. The van der Waals surface area contributed by atoms with Crippen molar-refractivity contribution in [3.05, 3.63) is 30.1 Å². The van der Waals surface area contributed by atoms with Crippen LogP contribution >= 0.6 is 0 Å². The van der Waals surface area contributed by atoms with Crippen LogP contribution in [0.5, 0.6) is 0 Å². The van der Waals surface area contributed by atoms with Crippen LogP contribution in [0.15, 0.2) is 24.5 Å². The zero-order chi connectivity index (χ0) is 12.1. The molecule has 1 amide bonds. The lowest BCUT2D eigenvalue weighted by Crippen LogP contribution is -2.39. The van der Waals surface area contributed by atoms with Crippen molar-refractivity contribution in [1.29, 1.82) is 0 Å². The van der Waals surface area contributed by atoms with Crippen molar-refractivity contribution in [1.82, 2.24) is 15.2 Å². The van der Waals surface area contributed by atoms with Crippen LogP contribution in [0, 0.1) is 0 Å². The lowest BCUT2D eigenvalue weighted by molar-refractivity contribution is -0.131. The molecule has 1 heterocycles. The molecular weight excluding hydrogens is 214 g/mol. The highest BCUT2D eigenvalue weighted by Gasteiger charge is 2.31. The van der Waals surface area contributed by atoms with Gasteiger partial charge in [-0.15, -0.1) is 0 Å². The van der Waals surface area contributed by atoms with E-state index < -0.39 is 0 Å². The number of carbonyl (C=O) groups is 1. The molecule has 1 aromatic heterocycles. The van der Waals surface area contributed by atoms with Gasteiger partial charge in [-0.3, -0.25) is 9.78 Å². The van der Waals surface area contributed by atoms with E-state index in [0.717, 1.165) is 24.9 Å². The Kier molecular flexibility index (Phi) is 4.09. The molecular formula is C13H19N3O. The van der Waals surface area contributed by atoms with E-state index in [9.17, 15) is 4.79 Å². The minimum Gasteiger partial charge on any atom is -0.334 e. The summed E-state index contributed by atoms with van der Waals surface area (Å²) in [5.41, 5.74) is 1.15.